The highest BCUT2D eigenvalue weighted by Crippen LogP contribution is 2.30. The molecule has 2 rings (SSSR count). The van der Waals surface area contributed by atoms with Crippen LogP contribution in [0, 0.1) is 0 Å². The second-order valence-electron chi connectivity index (χ2n) is 5.83. The van der Waals surface area contributed by atoms with Crippen LogP contribution in [0.3, 0.4) is 0 Å². The Morgan fingerprint density at radius 2 is 2.00 bits per heavy atom. The quantitative estimate of drug-likeness (QED) is 0.752. The summed E-state index contributed by atoms with van der Waals surface area (Å²) in [6.07, 6.45) is 9.80. The molecule has 2 aromatic rings. The van der Waals surface area contributed by atoms with Gasteiger partial charge in [0.25, 0.3) is 5.78 Å². The van der Waals surface area contributed by atoms with Crippen molar-refractivity contribution in [3.05, 3.63) is 17.6 Å². The molecule has 0 aliphatic heterocycles. The number of anilines is 1. The van der Waals surface area contributed by atoms with Gasteiger partial charge in [0.05, 0.1) is 5.69 Å². The number of rotatable bonds is 8. The van der Waals surface area contributed by atoms with E-state index in [2.05, 4.69) is 35.8 Å². The minimum atomic E-state index is 0.421. The van der Waals surface area contributed by atoms with Crippen molar-refractivity contribution >= 4 is 11.6 Å². The van der Waals surface area contributed by atoms with Crippen LogP contribution in [-0.4, -0.2) is 19.6 Å². The number of aryl methyl sites for hydroxylation is 1. The van der Waals surface area contributed by atoms with Gasteiger partial charge in [-0.1, -0.05) is 52.9 Å². The lowest BCUT2D eigenvalue weighted by molar-refractivity contribution is 0.573. The molecule has 116 valence electrons. The molecule has 0 saturated carbocycles. The van der Waals surface area contributed by atoms with Crippen LogP contribution in [0.2, 0.25) is 0 Å². The summed E-state index contributed by atoms with van der Waals surface area (Å²) in [5.41, 5.74) is 8.61. The second-order valence-corrected chi connectivity index (χ2v) is 5.83. The third-order valence-corrected chi connectivity index (χ3v) is 4.05. The van der Waals surface area contributed by atoms with Gasteiger partial charge in [-0.15, -0.1) is 0 Å². The monoisotopic (exact) mass is 289 g/mol. The minimum Gasteiger partial charge on any atom is -0.383 e. The highest BCUT2D eigenvalue weighted by Gasteiger charge is 2.19. The number of aromatic nitrogens is 4. The van der Waals surface area contributed by atoms with Gasteiger partial charge in [0, 0.05) is 5.56 Å². The third kappa shape index (κ3) is 3.52. The predicted molar refractivity (Wildman–Crippen MR) is 86.4 cm³/mol. The fourth-order valence-corrected chi connectivity index (χ4v) is 2.91. The van der Waals surface area contributed by atoms with Crippen LogP contribution < -0.4 is 5.73 Å². The molecule has 0 aliphatic rings. The molecule has 2 heterocycles. The van der Waals surface area contributed by atoms with E-state index in [1.54, 1.807) is 4.52 Å². The average Bonchev–Trinajstić information content (AvgIpc) is 2.92. The summed E-state index contributed by atoms with van der Waals surface area (Å²) in [6, 6.07) is 0. The minimum absolute atomic E-state index is 0.421. The van der Waals surface area contributed by atoms with E-state index in [0.29, 0.717) is 17.5 Å². The van der Waals surface area contributed by atoms with Gasteiger partial charge in [-0.2, -0.15) is 14.6 Å². The van der Waals surface area contributed by atoms with Gasteiger partial charge in [0.1, 0.15) is 12.1 Å². The van der Waals surface area contributed by atoms with Gasteiger partial charge in [-0.25, -0.2) is 4.98 Å². The summed E-state index contributed by atoms with van der Waals surface area (Å²) in [7, 11) is 0. The first-order valence-corrected chi connectivity index (χ1v) is 8.17. The molecule has 0 saturated heterocycles. The number of hydrogen-bond donors (Lipinski definition) is 1. The van der Waals surface area contributed by atoms with Crippen molar-refractivity contribution in [2.24, 2.45) is 0 Å². The van der Waals surface area contributed by atoms with Crippen LogP contribution in [0.1, 0.15) is 76.5 Å². The maximum absolute atomic E-state index is 6.35. The number of nitrogens with two attached hydrogens (primary N) is 1. The number of unbranched alkanes of at least 4 members (excludes halogenated alkanes) is 3. The SMILES string of the molecule is CCCCCCC(C)c1c(CCC)nc2ncnn2c1N. The zero-order chi connectivity index (χ0) is 15.2. The molecule has 0 radical (unpaired) electrons. The van der Waals surface area contributed by atoms with Gasteiger partial charge < -0.3 is 5.73 Å². The van der Waals surface area contributed by atoms with E-state index in [1.165, 1.54) is 37.6 Å². The first-order valence-electron chi connectivity index (χ1n) is 8.17. The highest BCUT2D eigenvalue weighted by atomic mass is 15.3. The first kappa shape index (κ1) is 15.7. The van der Waals surface area contributed by atoms with Crippen molar-refractivity contribution in [1.82, 2.24) is 19.6 Å². The molecular formula is C16H27N5. The number of hydrogen-bond acceptors (Lipinski definition) is 4. The van der Waals surface area contributed by atoms with Crippen molar-refractivity contribution in [3.8, 4) is 0 Å². The van der Waals surface area contributed by atoms with Gasteiger partial charge in [0.2, 0.25) is 0 Å². The number of nitrogens with zero attached hydrogens (tertiary/aromatic N) is 4. The highest BCUT2D eigenvalue weighted by molar-refractivity contribution is 5.51. The summed E-state index contributed by atoms with van der Waals surface area (Å²) in [6.45, 7) is 6.66. The average molecular weight is 289 g/mol. The van der Waals surface area contributed by atoms with E-state index >= 15 is 0 Å². The van der Waals surface area contributed by atoms with Crippen LogP contribution in [0.5, 0.6) is 0 Å². The Morgan fingerprint density at radius 1 is 1.19 bits per heavy atom. The maximum atomic E-state index is 6.35. The lowest BCUT2D eigenvalue weighted by atomic mass is 9.92. The topological polar surface area (TPSA) is 69.1 Å². The third-order valence-electron chi connectivity index (χ3n) is 4.05. The Morgan fingerprint density at radius 3 is 2.71 bits per heavy atom. The van der Waals surface area contributed by atoms with E-state index in [0.717, 1.165) is 25.0 Å². The van der Waals surface area contributed by atoms with Gasteiger partial charge in [-0.05, 0) is 18.8 Å². The molecule has 0 aromatic carbocycles. The van der Waals surface area contributed by atoms with Gasteiger partial charge in [0.15, 0.2) is 0 Å². The Hall–Kier alpha value is -1.65. The molecular weight excluding hydrogens is 262 g/mol. The smallest absolute Gasteiger partial charge is 0.254 e. The zero-order valence-corrected chi connectivity index (χ0v) is 13.5. The van der Waals surface area contributed by atoms with Crippen LogP contribution >= 0.6 is 0 Å². The number of nitrogen functional groups attached to an aromatic ring is 1. The van der Waals surface area contributed by atoms with E-state index in [4.69, 9.17) is 5.73 Å². The van der Waals surface area contributed by atoms with Crippen molar-refractivity contribution in [1.29, 1.82) is 0 Å². The molecule has 0 spiro atoms. The summed E-state index contributed by atoms with van der Waals surface area (Å²) >= 11 is 0. The van der Waals surface area contributed by atoms with E-state index in [1.807, 2.05) is 0 Å². The predicted octanol–water partition coefficient (Wildman–Crippen LogP) is 3.73. The Kier molecular flexibility index (Phi) is 5.53. The van der Waals surface area contributed by atoms with Crippen LogP contribution in [0.25, 0.3) is 5.78 Å². The second kappa shape index (κ2) is 7.38. The summed E-state index contributed by atoms with van der Waals surface area (Å²) < 4.78 is 1.66. The largest absolute Gasteiger partial charge is 0.383 e. The molecule has 1 atom stereocenters. The van der Waals surface area contributed by atoms with Gasteiger partial charge >= 0.3 is 0 Å². The standard InChI is InChI=1S/C16H27N5/c1-4-6-7-8-10-12(3)14-13(9-5-2)20-16-18-11-19-21(16)15(14)17/h11-12H,4-10,17H2,1-3H3. The normalized spacial score (nSPS) is 12.9. The van der Waals surface area contributed by atoms with Crippen LogP contribution in [-0.2, 0) is 6.42 Å². The maximum Gasteiger partial charge on any atom is 0.254 e. The Bertz CT molecular complexity index is 575. The number of fused-ring (bicyclic) bond motifs is 1. The molecule has 0 amide bonds. The summed E-state index contributed by atoms with van der Waals surface area (Å²) in [4.78, 5) is 8.83. The molecule has 0 bridgehead atoms. The van der Waals surface area contributed by atoms with E-state index in [9.17, 15) is 0 Å². The summed E-state index contributed by atoms with van der Waals surface area (Å²) in [5, 5.41) is 4.19. The molecule has 0 fully saturated rings. The fourth-order valence-electron chi connectivity index (χ4n) is 2.91. The lowest BCUT2D eigenvalue weighted by Gasteiger charge is -2.18. The fraction of sp³-hybridized carbons (Fsp3) is 0.688. The van der Waals surface area contributed by atoms with Crippen molar-refractivity contribution in [2.75, 3.05) is 5.73 Å². The van der Waals surface area contributed by atoms with E-state index in [-0.39, 0.29) is 0 Å². The van der Waals surface area contributed by atoms with Crippen molar-refractivity contribution in [2.45, 2.75) is 71.6 Å². The van der Waals surface area contributed by atoms with Crippen molar-refractivity contribution < 1.29 is 0 Å². The zero-order valence-electron chi connectivity index (χ0n) is 13.5. The summed E-state index contributed by atoms with van der Waals surface area (Å²) in [5.74, 6) is 1.74. The molecule has 1 unspecified atom stereocenters. The van der Waals surface area contributed by atoms with E-state index < -0.39 is 0 Å². The molecule has 21 heavy (non-hydrogen) atoms. The first-order chi connectivity index (χ1) is 10.2. The van der Waals surface area contributed by atoms with Crippen molar-refractivity contribution in [3.63, 3.8) is 0 Å². The molecule has 2 N–H and O–H groups in total. The Balaban J connectivity index is 2.26. The van der Waals surface area contributed by atoms with Crippen LogP contribution in [0.15, 0.2) is 6.33 Å². The van der Waals surface area contributed by atoms with Crippen LogP contribution in [0.4, 0.5) is 5.82 Å². The Labute approximate surface area is 127 Å². The lowest BCUT2D eigenvalue weighted by Crippen LogP contribution is -2.12. The molecule has 5 nitrogen and oxygen atoms in total. The molecule has 5 heteroatoms. The molecule has 0 aliphatic carbocycles. The van der Waals surface area contributed by atoms with Gasteiger partial charge in [-0.3, -0.25) is 0 Å². The molecule has 2 aromatic heterocycles.